The Morgan fingerprint density at radius 1 is 0.788 bits per heavy atom. The van der Waals surface area contributed by atoms with E-state index in [9.17, 15) is 4.79 Å². The van der Waals surface area contributed by atoms with Crippen LogP contribution in [0.2, 0.25) is 0 Å². The quantitative estimate of drug-likeness (QED) is 0.311. The van der Waals surface area contributed by atoms with Crippen LogP contribution >= 0.6 is 11.8 Å². The molecule has 0 unspecified atom stereocenters. The molecule has 3 aromatic heterocycles. The fraction of sp³-hybridized carbons (Fsp3) is 0.0400. The van der Waals surface area contributed by atoms with Gasteiger partial charge in [0.25, 0.3) is 0 Å². The van der Waals surface area contributed by atoms with Crippen molar-refractivity contribution in [3.63, 3.8) is 0 Å². The molecule has 5 aromatic rings. The maximum atomic E-state index is 12.7. The average molecular weight is 455 g/mol. The highest BCUT2D eigenvalue weighted by Crippen LogP contribution is 2.31. The molecule has 1 amide bonds. The summed E-state index contributed by atoms with van der Waals surface area (Å²) in [5.41, 5.74) is 3.71. The molecule has 2 aromatic carbocycles. The van der Waals surface area contributed by atoms with E-state index in [0.29, 0.717) is 28.1 Å². The van der Waals surface area contributed by atoms with Crippen molar-refractivity contribution in [3.8, 4) is 34.0 Å². The van der Waals surface area contributed by atoms with Gasteiger partial charge in [-0.15, -0.1) is 10.2 Å². The molecule has 0 aliphatic carbocycles. The number of hydrogen-bond donors (Lipinski definition) is 1. The Labute approximate surface area is 193 Å². The SMILES string of the molecule is O=C(CSc1nnc(-c2ccco2)c(-c2ccco2)n1)Nc1ccccc1-c1ccccc1. The Hall–Kier alpha value is -4.17. The molecule has 33 heavy (non-hydrogen) atoms. The Kier molecular flexibility index (Phi) is 5.99. The number of para-hydroxylation sites is 1. The maximum Gasteiger partial charge on any atom is 0.234 e. The van der Waals surface area contributed by atoms with Gasteiger partial charge in [-0.2, -0.15) is 0 Å². The molecule has 5 rings (SSSR count). The summed E-state index contributed by atoms with van der Waals surface area (Å²) in [5.74, 6) is 1.04. The number of benzene rings is 2. The molecule has 8 heteroatoms. The van der Waals surface area contributed by atoms with Gasteiger partial charge in [0.2, 0.25) is 11.1 Å². The Morgan fingerprint density at radius 3 is 2.21 bits per heavy atom. The van der Waals surface area contributed by atoms with Crippen LogP contribution in [-0.4, -0.2) is 26.8 Å². The first-order valence-corrected chi connectivity index (χ1v) is 11.2. The van der Waals surface area contributed by atoms with Crippen LogP contribution in [0.25, 0.3) is 34.0 Å². The van der Waals surface area contributed by atoms with E-state index in [1.807, 2.05) is 54.6 Å². The van der Waals surface area contributed by atoms with Crippen molar-refractivity contribution >= 4 is 23.4 Å². The van der Waals surface area contributed by atoms with Gasteiger partial charge in [0.15, 0.2) is 17.2 Å². The van der Waals surface area contributed by atoms with Gasteiger partial charge in [0, 0.05) is 11.3 Å². The summed E-state index contributed by atoms with van der Waals surface area (Å²) < 4.78 is 11.0. The van der Waals surface area contributed by atoms with Gasteiger partial charge in [-0.3, -0.25) is 4.79 Å². The predicted molar refractivity (Wildman–Crippen MR) is 126 cm³/mol. The lowest BCUT2D eigenvalue weighted by Gasteiger charge is -2.11. The second-order valence-electron chi connectivity index (χ2n) is 6.99. The molecule has 0 atom stereocenters. The number of nitrogens with one attached hydrogen (secondary N) is 1. The molecule has 162 valence electrons. The number of thioether (sulfide) groups is 1. The fourth-order valence-corrected chi connectivity index (χ4v) is 3.90. The van der Waals surface area contributed by atoms with Crippen LogP contribution in [0, 0.1) is 0 Å². The third-order valence-electron chi connectivity index (χ3n) is 4.79. The van der Waals surface area contributed by atoms with Crippen LogP contribution in [-0.2, 0) is 4.79 Å². The van der Waals surface area contributed by atoms with E-state index in [4.69, 9.17) is 8.83 Å². The van der Waals surface area contributed by atoms with Crippen molar-refractivity contribution < 1.29 is 13.6 Å². The Morgan fingerprint density at radius 2 is 1.48 bits per heavy atom. The normalized spacial score (nSPS) is 10.8. The van der Waals surface area contributed by atoms with E-state index >= 15 is 0 Å². The van der Waals surface area contributed by atoms with Gasteiger partial charge in [-0.25, -0.2) is 4.98 Å². The van der Waals surface area contributed by atoms with Crippen molar-refractivity contribution in [3.05, 3.63) is 91.4 Å². The lowest BCUT2D eigenvalue weighted by molar-refractivity contribution is -0.113. The van der Waals surface area contributed by atoms with Gasteiger partial charge < -0.3 is 14.2 Å². The zero-order valence-corrected chi connectivity index (χ0v) is 18.2. The molecule has 0 radical (unpaired) electrons. The first kappa shape index (κ1) is 20.7. The van der Waals surface area contributed by atoms with Crippen molar-refractivity contribution in [1.29, 1.82) is 0 Å². The molecule has 0 bridgehead atoms. The molecule has 0 aliphatic rings. The van der Waals surface area contributed by atoms with E-state index in [1.54, 1.807) is 36.8 Å². The first-order chi connectivity index (χ1) is 16.3. The van der Waals surface area contributed by atoms with Gasteiger partial charge in [0.05, 0.1) is 18.3 Å². The lowest BCUT2D eigenvalue weighted by Crippen LogP contribution is -2.15. The summed E-state index contributed by atoms with van der Waals surface area (Å²) in [5, 5.41) is 11.8. The summed E-state index contributed by atoms with van der Waals surface area (Å²) in [7, 11) is 0. The van der Waals surface area contributed by atoms with Crippen molar-refractivity contribution in [1.82, 2.24) is 15.2 Å². The molecule has 0 aliphatic heterocycles. The number of nitrogens with zero attached hydrogens (tertiary/aromatic N) is 3. The molecule has 1 N–H and O–H groups in total. The number of amides is 1. The minimum atomic E-state index is -0.165. The molecule has 0 spiro atoms. The van der Waals surface area contributed by atoms with E-state index < -0.39 is 0 Å². The zero-order chi connectivity index (χ0) is 22.5. The largest absolute Gasteiger partial charge is 0.463 e. The third-order valence-corrected chi connectivity index (χ3v) is 5.63. The van der Waals surface area contributed by atoms with Crippen LogP contribution in [0.15, 0.2) is 105 Å². The van der Waals surface area contributed by atoms with Crippen molar-refractivity contribution in [2.75, 3.05) is 11.1 Å². The second-order valence-corrected chi connectivity index (χ2v) is 7.94. The molecule has 7 nitrogen and oxygen atoms in total. The van der Waals surface area contributed by atoms with E-state index in [-0.39, 0.29) is 11.7 Å². The molecule has 0 saturated heterocycles. The van der Waals surface area contributed by atoms with Crippen LogP contribution in [0.4, 0.5) is 5.69 Å². The Bertz CT molecular complexity index is 1350. The fourth-order valence-electron chi connectivity index (χ4n) is 3.31. The van der Waals surface area contributed by atoms with Crippen molar-refractivity contribution in [2.24, 2.45) is 0 Å². The Balaban J connectivity index is 1.33. The summed E-state index contributed by atoms with van der Waals surface area (Å²) in [6.07, 6.45) is 3.12. The van der Waals surface area contributed by atoms with E-state index in [1.165, 1.54) is 11.8 Å². The van der Waals surface area contributed by atoms with Crippen LogP contribution in [0.5, 0.6) is 0 Å². The average Bonchev–Trinajstić information content (AvgIpc) is 3.58. The molecule has 0 fully saturated rings. The summed E-state index contributed by atoms with van der Waals surface area (Å²) in [6.45, 7) is 0. The van der Waals surface area contributed by atoms with Gasteiger partial charge in [0.1, 0.15) is 5.69 Å². The number of aromatic nitrogens is 3. The smallest absolute Gasteiger partial charge is 0.234 e. The molecule has 0 saturated carbocycles. The summed E-state index contributed by atoms with van der Waals surface area (Å²) in [6, 6.07) is 24.7. The van der Waals surface area contributed by atoms with Gasteiger partial charge in [-0.05, 0) is 35.9 Å². The van der Waals surface area contributed by atoms with Crippen LogP contribution < -0.4 is 5.32 Å². The monoisotopic (exact) mass is 454 g/mol. The predicted octanol–water partition coefficient (Wildman–Crippen LogP) is 5.79. The van der Waals surface area contributed by atoms with Crippen LogP contribution in [0.3, 0.4) is 0 Å². The number of furan rings is 2. The number of hydrogen-bond acceptors (Lipinski definition) is 7. The highest BCUT2D eigenvalue weighted by Gasteiger charge is 2.18. The van der Waals surface area contributed by atoms with E-state index in [0.717, 1.165) is 16.8 Å². The highest BCUT2D eigenvalue weighted by molar-refractivity contribution is 7.99. The molecular formula is C25H18N4O3S. The third kappa shape index (κ3) is 4.70. The molecular weight excluding hydrogens is 436 g/mol. The van der Waals surface area contributed by atoms with Gasteiger partial charge >= 0.3 is 0 Å². The second kappa shape index (κ2) is 9.54. The minimum Gasteiger partial charge on any atom is -0.463 e. The highest BCUT2D eigenvalue weighted by atomic mass is 32.2. The number of anilines is 1. The maximum absolute atomic E-state index is 12.7. The summed E-state index contributed by atoms with van der Waals surface area (Å²) in [4.78, 5) is 17.3. The minimum absolute atomic E-state index is 0.127. The standard InChI is InChI=1S/C25H18N4O3S/c30-22(26-19-11-5-4-10-18(19)17-8-2-1-3-9-17)16-33-25-27-23(20-12-6-14-31-20)24(28-29-25)21-13-7-15-32-21/h1-15H,16H2,(H,26,30). The van der Waals surface area contributed by atoms with Crippen LogP contribution in [0.1, 0.15) is 0 Å². The topological polar surface area (TPSA) is 94.0 Å². The lowest BCUT2D eigenvalue weighted by atomic mass is 10.0. The van der Waals surface area contributed by atoms with Crippen molar-refractivity contribution in [2.45, 2.75) is 5.16 Å². The number of carbonyl (C=O) groups excluding carboxylic acids is 1. The summed E-state index contributed by atoms with van der Waals surface area (Å²) >= 11 is 1.20. The van der Waals surface area contributed by atoms with E-state index in [2.05, 4.69) is 20.5 Å². The number of rotatable bonds is 7. The zero-order valence-electron chi connectivity index (χ0n) is 17.3. The molecule has 3 heterocycles. The van der Waals surface area contributed by atoms with Gasteiger partial charge in [-0.1, -0.05) is 60.3 Å². The first-order valence-electron chi connectivity index (χ1n) is 10.2. The number of carbonyl (C=O) groups is 1.